The van der Waals surface area contributed by atoms with Crippen molar-refractivity contribution in [3.05, 3.63) is 11.8 Å². The fourth-order valence-corrected chi connectivity index (χ4v) is 1.96. The van der Waals surface area contributed by atoms with E-state index in [1.54, 1.807) is 0 Å². The van der Waals surface area contributed by atoms with Gasteiger partial charge in [-0.25, -0.2) is 0 Å². The molecule has 0 unspecified atom stereocenters. The molecule has 0 aliphatic rings. The minimum atomic E-state index is 0.897. The third-order valence-corrected chi connectivity index (χ3v) is 3.46. The highest BCUT2D eigenvalue weighted by Crippen LogP contribution is 2.10. The fourth-order valence-electron chi connectivity index (χ4n) is 1.96. The van der Waals surface area contributed by atoms with E-state index in [0.717, 1.165) is 13.0 Å². The molecule has 0 aromatic carbocycles. The summed E-state index contributed by atoms with van der Waals surface area (Å²) in [5.41, 5.74) is 1.34. The summed E-state index contributed by atoms with van der Waals surface area (Å²) in [7, 11) is 0. The minimum absolute atomic E-state index is 0.897. The molecule has 0 amide bonds. The Morgan fingerprint density at radius 2 is 1.28 bits per heavy atom. The van der Waals surface area contributed by atoms with Crippen molar-refractivity contribution in [3.63, 3.8) is 0 Å². The smallest absolute Gasteiger partial charge is 0.0873 e. The van der Waals surface area contributed by atoms with Gasteiger partial charge in [-0.3, -0.25) is 0 Å². The molecule has 0 saturated heterocycles. The van der Waals surface area contributed by atoms with E-state index in [-0.39, 0.29) is 0 Å². The first-order valence-electron chi connectivity index (χ1n) is 8.08. The van der Waals surface area contributed by atoms with Gasteiger partial charge in [0.2, 0.25) is 0 Å². The van der Waals surface area contributed by atoms with Gasteiger partial charge in [-0.05, 0) is 25.3 Å². The predicted molar refractivity (Wildman–Crippen MR) is 81.8 cm³/mol. The zero-order valence-electron chi connectivity index (χ0n) is 13.0. The van der Waals surface area contributed by atoms with Gasteiger partial charge >= 0.3 is 0 Å². The lowest BCUT2D eigenvalue weighted by Gasteiger charge is -2.03. The highest BCUT2D eigenvalue weighted by Gasteiger charge is 1.92. The Morgan fingerprint density at radius 3 is 1.78 bits per heavy atom. The van der Waals surface area contributed by atoms with E-state index in [4.69, 9.17) is 4.74 Å². The van der Waals surface area contributed by atoms with E-state index < -0.39 is 0 Å². The van der Waals surface area contributed by atoms with Crippen molar-refractivity contribution < 1.29 is 4.74 Å². The first-order valence-corrected chi connectivity index (χ1v) is 8.08. The zero-order valence-corrected chi connectivity index (χ0v) is 13.0. The fraction of sp³-hybridized carbons (Fsp3) is 0.882. The normalized spacial score (nSPS) is 11.8. The van der Waals surface area contributed by atoms with Gasteiger partial charge in [-0.1, -0.05) is 71.6 Å². The first-order chi connectivity index (χ1) is 8.81. The zero-order chi connectivity index (χ0) is 13.5. The molecule has 0 N–H and O–H groups in total. The molecule has 0 saturated carbocycles. The lowest BCUT2D eigenvalue weighted by Crippen LogP contribution is -1.89. The van der Waals surface area contributed by atoms with Crippen LogP contribution in [0.5, 0.6) is 0 Å². The summed E-state index contributed by atoms with van der Waals surface area (Å²) in [4.78, 5) is 0. The predicted octanol–water partition coefficient (Wildman–Crippen LogP) is 6.24. The quantitative estimate of drug-likeness (QED) is 0.279. The summed E-state index contributed by atoms with van der Waals surface area (Å²) in [5.74, 6) is 0. The molecule has 0 atom stereocenters. The Balaban J connectivity index is 3.03. The molecule has 0 aliphatic carbocycles. The van der Waals surface area contributed by atoms with Crippen LogP contribution >= 0.6 is 0 Å². The van der Waals surface area contributed by atoms with Gasteiger partial charge in [-0.2, -0.15) is 0 Å². The molecule has 0 heterocycles. The van der Waals surface area contributed by atoms with Crippen molar-refractivity contribution in [1.82, 2.24) is 0 Å². The summed E-state index contributed by atoms with van der Waals surface area (Å²) >= 11 is 0. The number of hydrogen-bond acceptors (Lipinski definition) is 1. The third kappa shape index (κ3) is 13.6. The second-order valence-electron chi connectivity index (χ2n) is 5.37. The summed E-state index contributed by atoms with van der Waals surface area (Å²) in [6.45, 7) is 7.46. The molecule has 0 aromatic heterocycles. The number of hydrogen-bond donors (Lipinski definition) is 0. The van der Waals surface area contributed by atoms with E-state index in [2.05, 4.69) is 20.8 Å². The van der Waals surface area contributed by atoms with Crippen molar-refractivity contribution in [2.24, 2.45) is 0 Å². The molecule has 0 fully saturated rings. The lowest BCUT2D eigenvalue weighted by atomic mass is 10.1. The molecule has 108 valence electrons. The number of rotatable bonds is 13. The van der Waals surface area contributed by atoms with Crippen molar-refractivity contribution in [1.29, 1.82) is 0 Å². The van der Waals surface area contributed by atoms with E-state index >= 15 is 0 Å². The van der Waals surface area contributed by atoms with Gasteiger partial charge in [0.25, 0.3) is 0 Å². The van der Waals surface area contributed by atoms with Crippen LogP contribution in [-0.4, -0.2) is 6.61 Å². The second-order valence-corrected chi connectivity index (χ2v) is 5.37. The highest BCUT2D eigenvalue weighted by atomic mass is 16.5. The van der Waals surface area contributed by atoms with Crippen molar-refractivity contribution in [2.45, 2.75) is 91.4 Å². The van der Waals surface area contributed by atoms with Gasteiger partial charge in [0.15, 0.2) is 0 Å². The number of allylic oxidation sites excluding steroid dienone is 1. The third-order valence-electron chi connectivity index (χ3n) is 3.46. The Bertz CT molecular complexity index is 184. The summed E-state index contributed by atoms with van der Waals surface area (Å²) < 4.78 is 5.50. The van der Waals surface area contributed by atoms with E-state index in [1.807, 2.05) is 6.26 Å². The Hall–Kier alpha value is -0.460. The van der Waals surface area contributed by atoms with Crippen LogP contribution in [0.1, 0.15) is 91.4 Å². The molecular formula is C17H34O. The van der Waals surface area contributed by atoms with Crippen molar-refractivity contribution >= 4 is 0 Å². The highest BCUT2D eigenvalue weighted by molar-refractivity contribution is 4.90. The van der Waals surface area contributed by atoms with Crippen LogP contribution in [0.15, 0.2) is 11.8 Å². The average molecular weight is 254 g/mol. The number of ether oxygens (including phenoxy) is 1. The van der Waals surface area contributed by atoms with E-state index in [9.17, 15) is 0 Å². The maximum absolute atomic E-state index is 5.50. The number of unbranched alkanes of at least 4 members (excludes halogenated alkanes) is 9. The average Bonchev–Trinajstić information content (AvgIpc) is 2.39. The summed E-state index contributed by atoms with van der Waals surface area (Å²) in [5, 5.41) is 0. The maximum atomic E-state index is 5.50. The Kier molecular flexibility index (Phi) is 14.2. The molecular weight excluding hydrogens is 220 g/mol. The topological polar surface area (TPSA) is 9.23 Å². The van der Waals surface area contributed by atoms with E-state index in [1.165, 1.54) is 69.8 Å². The van der Waals surface area contributed by atoms with Gasteiger partial charge < -0.3 is 4.74 Å². The molecule has 0 radical (unpaired) electrons. The maximum Gasteiger partial charge on any atom is 0.0873 e. The van der Waals surface area contributed by atoms with Gasteiger partial charge in [-0.15, -0.1) is 0 Å². The largest absolute Gasteiger partial charge is 0.501 e. The lowest BCUT2D eigenvalue weighted by molar-refractivity contribution is 0.237. The summed E-state index contributed by atoms with van der Waals surface area (Å²) in [6, 6.07) is 0. The van der Waals surface area contributed by atoms with Crippen LogP contribution in [0, 0.1) is 0 Å². The Labute approximate surface area is 115 Å². The van der Waals surface area contributed by atoms with Crippen molar-refractivity contribution in [2.75, 3.05) is 6.61 Å². The van der Waals surface area contributed by atoms with Crippen LogP contribution in [0.25, 0.3) is 0 Å². The molecule has 0 rings (SSSR count). The van der Waals surface area contributed by atoms with Crippen LogP contribution in [0.2, 0.25) is 0 Å². The van der Waals surface area contributed by atoms with Crippen LogP contribution < -0.4 is 0 Å². The van der Waals surface area contributed by atoms with Gasteiger partial charge in [0.1, 0.15) is 0 Å². The molecule has 0 spiro atoms. The van der Waals surface area contributed by atoms with Crippen LogP contribution in [0.3, 0.4) is 0 Å². The standard InChI is InChI=1S/C17H34O/c1-4-6-7-8-9-10-11-12-13-14-15-18-16-17(3)5-2/h16H,4-15H2,1-3H3. The first kappa shape index (κ1) is 17.5. The second kappa shape index (κ2) is 14.6. The monoisotopic (exact) mass is 254 g/mol. The SMILES string of the molecule is CCCCCCCCCCCCOC=C(C)CC. The van der Waals surface area contributed by atoms with Crippen LogP contribution in [0.4, 0.5) is 0 Å². The van der Waals surface area contributed by atoms with Crippen molar-refractivity contribution in [3.8, 4) is 0 Å². The molecule has 0 aromatic rings. The van der Waals surface area contributed by atoms with Gasteiger partial charge in [0, 0.05) is 0 Å². The van der Waals surface area contributed by atoms with E-state index in [0.29, 0.717) is 0 Å². The molecule has 1 heteroatoms. The Morgan fingerprint density at radius 1 is 0.778 bits per heavy atom. The molecule has 18 heavy (non-hydrogen) atoms. The molecule has 1 nitrogen and oxygen atoms in total. The molecule has 0 bridgehead atoms. The van der Waals surface area contributed by atoms with Gasteiger partial charge in [0.05, 0.1) is 12.9 Å². The van der Waals surface area contributed by atoms with Crippen LogP contribution in [-0.2, 0) is 4.74 Å². The summed E-state index contributed by atoms with van der Waals surface area (Å²) in [6.07, 6.45) is 16.9. The minimum Gasteiger partial charge on any atom is -0.501 e. The molecule has 0 aliphatic heterocycles.